The summed E-state index contributed by atoms with van der Waals surface area (Å²) in [4.78, 5) is 55.3. The van der Waals surface area contributed by atoms with Gasteiger partial charge in [-0.2, -0.15) is 4.31 Å². The van der Waals surface area contributed by atoms with Crippen molar-refractivity contribution in [3.05, 3.63) is 0 Å². The molecule has 0 spiro atoms. The zero-order valence-electron chi connectivity index (χ0n) is 8.03. The summed E-state index contributed by atoms with van der Waals surface area (Å²) in [6.45, 7) is 0. The maximum absolute atomic E-state index is 9.63. The van der Waals surface area contributed by atoms with Gasteiger partial charge in [0.25, 0.3) is 0 Å². The molecule has 16 heteroatoms. The van der Waals surface area contributed by atoms with E-state index in [9.17, 15) is 9.13 Å². The van der Waals surface area contributed by atoms with E-state index in [1.807, 2.05) is 0 Å². The molecular weight excluding hydrogens is 299 g/mol. The second-order valence-corrected chi connectivity index (χ2v) is 5.08. The molecule has 0 aliphatic heterocycles. The molecule has 88 valence electrons. The maximum atomic E-state index is 9.63. The summed E-state index contributed by atoms with van der Waals surface area (Å²) in [5.41, 5.74) is 0. The third kappa shape index (κ3) is 56.3. The maximum Gasteiger partial charge on any atom is 1.00 e. The van der Waals surface area contributed by atoms with Crippen LogP contribution < -0.4 is 58.2 Å². The van der Waals surface area contributed by atoms with E-state index in [0.717, 1.165) is 0 Å². The van der Waals surface area contributed by atoms with Crippen LogP contribution in [0.25, 0.3) is 0 Å². The summed E-state index contributed by atoms with van der Waals surface area (Å²) in [5, 5.41) is 0. The van der Waals surface area contributed by atoms with Crippen molar-refractivity contribution in [1.29, 1.82) is 0 Å². The van der Waals surface area contributed by atoms with Crippen molar-refractivity contribution in [2.24, 2.45) is 0 Å². The van der Waals surface area contributed by atoms with Gasteiger partial charge in [-0.25, -0.2) is 9.13 Å². The number of rotatable bonds is 2. The van der Waals surface area contributed by atoms with Gasteiger partial charge in [0.2, 0.25) is 0 Å². The fourth-order valence-electron chi connectivity index (χ4n) is 0.139. The fraction of sp³-hybridized carbons (Fsp3) is 0. The predicted molar refractivity (Wildman–Crippen MR) is 35.0 cm³/mol. The first-order valence-electron chi connectivity index (χ1n) is 2.28. The zero-order chi connectivity index (χ0) is 12.2. The van der Waals surface area contributed by atoms with Crippen LogP contribution in [0, 0.1) is 0 Å². The summed E-state index contributed by atoms with van der Waals surface area (Å²) < 4.78 is 30.9. The Morgan fingerprint density at radius 1 is 0.812 bits per heavy atom. The Morgan fingerprint density at radius 2 is 0.938 bits per heavy atom. The van der Waals surface area contributed by atoms with E-state index in [2.05, 4.69) is 4.31 Å². The van der Waals surface area contributed by atoms with Crippen molar-refractivity contribution in [3.63, 3.8) is 0 Å². The van der Waals surface area contributed by atoms with Gasteiger partial charge >= 0.3 is 64.1 Å². The Kier molecular flexibility index (Phi) is 16.3. The predicted octanol–water partition coefficient (Wildman–Crippen LogP) is -9.00. The van der Waals surface area contributed by atoms with Crippen LogP contribution in [0.15, 0.2) is 0 Å². The molecule has 0 aromatic heterocycles. The molecule has 0 rings (SSSR count). The van der Waals surface area contributed by atoms with Gasteiger partial charge in [-0.15, -0.1) is 0 Å². The molecule has 0 aliphatic carbocycles. The van der Waals surface area contributed by atoms with Crippen LogP contribution in [-0.2, 0) is 18.0 Å². The molecule has 11 nitrogen and oxygen atoms in total. The minimum Gasteiger partial charge on any atom is -0.790 e. The molecule has 0 aromatic carbocycles. The SMILES string of the molecule is O=P(O)(O)OP(=O)(O)O.O=P([O-])([O-])O.[Li+].[Na+]. The van der Waals surface area contributed by atoms with Crippen molar-refractivity contribution >= 4 is 23.5 Å². The van der Waals surface area contributed by atoms with Crippen LogP contribution in [0.5, 0.6) is 0 Å². The first-order valence-corrected chi connectivity index (χ1v) is 6.83. The largest absolute Gasteiger partial charge is 1.00 e. The second kappa shape index (κ2) is 9.84. The molecular formula is H5LiNaO11P3. The fourth-order valence-corrected chi connectivity index (χ4v) is 1.25. The van der Waals surface area contributed by atoms with Gasteiger partial charge in [-0.3, -0.25) is 0 Å². The van der Waals surface area contributed by atoms with Crippen molar-refractivity contribution in [1.82, 2.24) is 0 Å². The van der Waals surface area contributed by atoms with Gasteiger partial charge in [0.1, 0.15) is 0 Å². The van der Waals surface area contributed by atoms with Crippen LogP contribution in [0.4, 0.5) is 0 Å². The van der Waals surface area contributed by atoms with E-state index in [4.69, 9.17) is 38.8 Å². The summed E-state index contributed by atoms with van der Waals surface area (Å²) >= 11 is 0. The molecule has 0 saturated heterocycles. The Bertz CT molecular complexity index is 264. The molecule has 0 unspecified atom stereocenters. The number of phosphoric acid groups is 3. The first kappa shape index (κ1) is 26.5. The molecule has 0 saturated carbocycles. The third-order valence-electron chi connectivity index (χ3n) is 0.213. The summed E-state index contributed by atoms with van der Waals surface area (Å²) in [7, 11) is -15.2. The van der Waals surface area contributed by atoms with E-state index in [1.165, 1.54) is 0 Å². The Hall–Kier alpha value is 1.97. The smallest absolute Gasteiger partial charge is 0.790 e. The van der Waals surface area contributed by atoms with Gasteiger partial charge < -0.3 is 38.8 Å². The molecule has 0 fully saturated rings. The third-order valence-corrected chi connectivity index (χ3v) is 1.91. The molecule has 0 heterocycles. The minimum absolute atomic E-state index is 0. The Labute approximate surface area is 123 Å². The van der Waals surface area contributed by atoms with Crippen LogP contribution in [0.1, 0.15) is 0 Å². The van der Waals surface area contributed by atoms with Gasteiger partial charge in [0, 0.05) is 0 Å². The summed E-state index contributed by atoms with van der Waals surface area (Å²) in [5.74, 6) is 0. The van der Waals surface area contributed by atoms with E-state index in [1.54, 1.807) is 0 Å². The molecule has 0 bridgehead atoms. The van der Waals surface area contributed by atoms with E-state index >= 15 is 0 Å². The van der Waals surface area contributed by atoms with E-state index in [-0.39, 0.29) is 48.4 Å². The molecule has 16 heavy (non-hydrogen) atoms. The zero-order valence-corrected chi connectivity index (χ0v) is 12.7. The monoisotopic (exact) mass is 304 g/mol. The molecule has 0 amide bonds. The first-order chi connectivity index (χ1) is 5.71. The standard InChI is InChI=1S/Li.Na.H4O7P2.H3O4P/c;;1-8(2,3)7-9(4,5)6;1-5(2,3)4/h;;(H2,1,2,3)(H2,4,5,6);(H3,1,2,3,4)/q2*+1;;/p-2. The van der Waals surface area contributed by atoms with E-state index in [0.29, 0.717) is 0 Å². The normalized spacial score (nSPS) is 11.4. The number of hydrogen-bond donors (Lipinski definition) is 5. The molecule has 0 atom stereocenters. The van der Waals surface area contributed by atoms with Crippen molar-refractivity contribution in [2.45, 2.75) is 0 Å². The van der Waals surface area contributed by atoms with Crippen LogP contribution in [0.3, 0.4) is 0 Å². The quantitative estimate of drug-likeness (QED) is 0.239. The van der Waals surface area contributed by atoms with Crippen molar-refractivity contribution in [3.8, 4) is 0 Å². The average molecular weight is 304 g/mol. The van der Waals surface area contributed by atoms with Gasteiger partial charge in [-0.1, -0.05) is 0 Å². The molecule has 0 aliphatic rings. The molecule has 0 radical (unpaired) electrons. The van der Waals surface area contributed by atoms with Crippen molar-refractivity contribution in [2.75, 3.05) is 0 Å². The van der Waals surface area contributed by atoms with Crippen molar-refractivity contribution < 1.29 is 101 Å². The summed E-state index contributed by atoms with van der Waals surface area (Å²) in [6.07, 6.45) is 0. The van der Waals surface area contributed by atoms with Gasteiger partial charge in [0.15, 0.2) is 0 Å². The molecule has 0 aromatic rings. The van der Waals surface area contributed by atoms with Crippen LogP contribution in [0.2, 0.25) is 0 Å². The Morgan fingerprint density at radius 3 is 0.938 bits per heavy atom. The number of hydrogen-bond acceptors (Lipinski definition) is 6. The van der Waals surface area contributed by atoms with Gasteiger partial charge in [-0.05, 0) is 0 Å². The average Bonchev–Trinajstić information content (AvgIpc) is 1.42. The minimum atomic E-state index is -5.14. The van der Waals surface area contributed by atoms with Gasteiger partial charge in [0.05, 0.1) is 7.82 Å². The topological polar surface area (TPSA) is 208 Å². The van der Waals surface area contributed by atoms with Crippen LogP contribution >= 0.6 is 23.5 Å². The second-order valence-electron chi connectivity index (χ2n) is 1.53. The Balaban J connectivity index is -0.0000000904. The summed E-state index contributed by atoms with van der Waals surface area (Å²) in [6, 6.07) is 0. The molecule has 5 N–H and O–H groups in total. The van der Waals surface area contributed by atoms with Crippen LogP contribution in [-0.4, -0.2) is 24.5 Å². The van der Waals surface area contributed by atoms with E-state index < -0.39 is 23.5 Å².